The average molecular weight is 193 g/mol. The molecule has 1 aromatic rings. The van der Waals surface area contributed by atoms with Crippen molar-refractivity contribution in [2.24, 2.45) is 13.0 Å². The van der Waals surface area contributed by atoms with Crippen molar-refractivity contribution < 1.29 is 0 Å². The molecule has 0 aromatic carbocycles. The van der Waals surface area contributed by atoms with Gasteiger partial charge in [-0.1, -0.05) is 19.8 Å². The van der Waals surface area contributed by atoms with Crippen LogP contribution in [0.15, 0.2) is 12.5 Å². The van der Waals surface area contributed by atoms with E-state index in [1.165, 1.54) is 25.0 Å². The molecule has 0 bridgehead atoms. The van der Waals surface area contributed by atoms with Crippen LogP contribution >= 0.6 is 0 Å². The third-order valence-corrected chi connectivity index (χ3v) is 2.80. The first-order chi connectivity index (χ1) is 6.79. The molecule has 0 saturated heterocycles. The van der Waals surface area contributed by atoms with Crippen LogP contribution in [0.2, 0.25) is 0 Å². The molecule has 3 nitrogen and oxygen atoms in total. The highest BCUT2D eigenvalue weighted by atomic mass is 15.0. The fraction of sp³-hybridized carbons (Fsp3) is 0.727. The summed E-state index contributed by atoms with van der Waals surface area (Å²) in [5.41, 5.74) is 1.20. The third-order valence-electron chi connectivity index (χ3n) is 2.80. The molecule has 2 rings (SSSR count). The molecule has 1 N–H and O–H groups in total. The lowest BCUT2D eigenvalue weighted by Gasteiger charge is -2.14. The van der Waals surface area contributed by atoms with Crippen LogP contribution < -0.4 is 5.32 Å². The Labute approximate surface area is 85.5 Å². The van der Waals surface area contributed by atoms with Crippen LogP contribution in [0.3, 0.4) is 0 Å². The number of hydrogen-bond acceptors (Lipinski definition) is 2. The zero-order valence-electron chi connectivity index (χ0n) is 9.03. The van der Waals surface area contributed by atoms with Gasteiger partial charge in [0, 0.05) is 13.2 Å². The lowest BCUT2D eigenvalue weighted by Crippen LogP contribution is -2.21. The second-order valence-electron chi connectivity index (χ2n) is 4.25. The first-order valence-corrected chi connectivity index (χ1v) is 5.51. The van der Waals surface area contributed by atoms with E-state index in [9.17, 15) is 0 Å². The van der Waals surface area contributed by atoms with Crippen molar-refractivity contribution in [1.82, 2.24) is 14.9 Å². The van der Waals surface area contributed by atoms with E-state index in [4.69, 9.17) is 0 Å². The van der Waals surface area contributed by atoms with E-state index >= 15 is 0 Å². The molecular weight excluding hydrogens is 174 g/mol. The van der Waals surface area contributed by atoms with Gasteiger partial charge in [-0.2, -0.15) is 0 Å². The van der Waals surface area contributed by atoms with E-state index in [1.807, 2.05) is 17.9 Å². The van der Waals surface area contributed by atoms with Crippen LogP contribution in [0.1, 0.15) is 37.9 Å². The average Bonchev–Trinajstić information content (AvgIpc) is 2.87. The normalized spacial score (nSPS) is 18.4. The molecule has 1 aromatic heterocycles. The molecular formula is C11H19N3. The molecule has 3 heteroatoms. The minimum Gasteiger partial charge on any atom is -0.340 e. The summed E-state index contributed by atoms with van der Waals surface area (Å²) < 4.78 is 2.02. The van der Waals surface area contributed by atoms with Crippen LogP contribution in [0.4, 0.5) is 0 Å². The van der Waals surface area contributed by atoms with Gasteiger partial charge in [0.2, 0.25) is 0 Å². The number of aromatic nitrogens is 2. The van der Waals surface area contributed by atoms with E-state index in [0.29, 0.717) is 6.04 Å². The molecule has 1 heterocycles. The zero-order valence-corrected chi connectivity index (χ0v) is 9.03. The molecule has 0 amide bonds. The Morgan fingerprint density at radius 2 is 2.43 bits per heavy atom. The maximum Gasteiger partial charge on any atom is 0.0947 e. The first-order valence-electron chi connectivity index (χ1n) is 5.51. The van der Waals surface area contributed by atoms with Crippen LogP contribution in [-0.2, 0) is 7.05 Å². The van der Waals surface area contributed by atoms with Crippen LogP contribution in [0.5, 0.6) is 0 Å². The lowest BCUT2D eigenvalue weighted by atomic mass is 10.1. The quantitative estimate of drug-likeness (QED) is 0.773. The van der Waals surface area contributed by atoms with Crippen molar-refractivity contribution in [2.45, 2.75) is 32.2 Å². The molecule has 1 saturated carbocycles. The number of hydrogen-bond donors (Lipinski definition) is 1. The van der Waals surface area contributed by atoms with E-state index in [2.05, 4.69) is 23.4 Å². The number of imidazole rings is 1. The van der Waals surface area contributed by atoms with E-state index in [1.54, 1.807) is 0 Å². The predicted molar refractivity (Wildman–Crippen MR) is 57.0 cm³/mol. The monoisotopic (exact) mass is 193 g/mol. The van der Waals surface area contributed by atoms with Gasteiger partial charge in [0.25, 0.3) is 0 Å². The number of nitrogens with one attached hydrogen (secondary N) is 1. The molecule has 1 atom stereocenters. The van der Waals surface area contributed by atoms with Gasteiger partial charge >= 0.3 is 0 Å². The standard InChI is InChI=1S/C11H19N3/c1-3-12-10(6-9-4-5-9)11-7-14(2)8-13-11/h7-10,12H,3-6H2,1-2H3. The van der Waals surface area contributed by atoms with Gasteiger partial charge in [-0.15, -0.1) is 0 Å². The van der Waals surface area contributed by atoms with Gasteiger partial charge < -0.3 is 9.88 Å². The molecule has 1 aliphatic rings. The number of rotatable bonds is 5. The number of nitrogens with zero attached hydrogens (tertiary/aromatic N) is 2. The summed E-state index contributed by atoms with van der Waals surface area (Å²) in [5, 5.41) is 3.51. The van der Waals surface area contributed by atoms with Gasteiger partial charge in [0.1, 0.15) is 0 Å². The molecule has 0 radical (unpaired) electrons. The first kappa shape index (κ1) is 9.71. The Bertz CT molecular complexity index is 288. The largest absolute Gasteiger partial charge is 0.340 e. The molecule has 14 heavy (non-hydrogen) atoms. The second kappa shape index (κ2) is 4.13. The summed E-state index contributed by atoms with van der Waals surface area (Å²) in [5.74, 6) is 0.945. The van der Waals surface area contributed by atoms with Gasteiger partial charge in [-0.05, 0) is 18.9 Å². The summed E-state index contributed by atoms with van der Waals surface area (Å²) in [6.07, 6.45) is 8.08. The van der Waals surface area contributed by atoms with Crippen LogP contribution in [0, 0.1) is 5.92 Å². The zero-order chi connectivity index (χ0) is 9.97. The molecule has 0 aliphatic heterocycles. The minimum absolute atomic E-state index is 0.466. The molecule has 1 fully saturated rings. The minimum atomic E-state index is 0.466. The van der Waals surface area contributed by atoms with Crippen LogP contribution in [-0.4, -0.2) is 16.1 Å². The smallest absolute Gasteiger partial charge is 0.0947 e. The summed E-state index contributed by atoms with van der Waals surface area (Å²) in [6, 6.07) is 0.466. The van der Waals surface area contributed by atoms with E-state index in [-0.39, 0.29) is 0 Å². The summed E-state index contributed by atoms with van der Waals surface area (Å²) in [4.78, 5) is 4.42. The SMILES string of the molecule is CCNC(CC1CC1)c1cn(C)cn1. The Morgan fingerprint density at radius 3 is 2.93 bits per heavy atom. The Balaban J connectivity index is 2.00. The highest BCUT2D eigenvalue weighted by molar-refractivity contribution is 5.04. The van der Waals surface area contributed by atoms with Gasteiger partial charge in [-0.3, -0.25) is 0 Å². The maximum absolute atomic E-state index is 4.42. The molecule has 1 aliphatic carbocycles. The summed E-state index contributed by atoms with van der Waals surface area (Å²) in [6.45, 7) is 3.18. The maximum atomic E-state index is 4.42. The van der Waals surface area contributed by atoms with E-state index in [0.717, 1.165) is 12.5 Å². The van der Waals surface area contributed by atoms with Gasteiger partial charge in [-0.25, -0.2) is 4.98 Å². The third kappa shape index (κ3) is 2.35. The fourth-order valence-electron chi connectivity index (χ4n) is 1.85. The predicted octanol–water partition coefficient (Wildman–Crippen LogP) is 1.87. The van der Waals surface area contributed by atoms with Gasteiger partial charge in [0.15, 0.2) is 0 Å². The Kier molecular flexibility index (Phi) is 2.87. The lowest BCUT2D eigenvalue weighted by molar-refractivity contribution is 0.478. The van der Waals surface area contributed by atoms with Crippen molar-refractivity contribution in [3.63, 3.8) is 0 Å². The van der Waals surface area contributed by atoms with Gasteiger partial charge in [0.05, 0.1) is 18.1 Å². The van der Waals surface area contributed by atoms with Crippen molar-refractivity contribution in [3.05, 3.63) is 18.2 Å². The van der Waals surface area contributed by atoms with Crippen molar-refractivity contribution in [2.75, 3.05) is 6.54 Å². The van der Waals surface area contributed by atoms with E-state index < -0.39 is 0 Å². The Morgan fingerprint density at radius 1 is 1.64 bits per heavy atom. The summed E-state index contributed by atoms with van der Waals surface area (Å²) in [7, 11) is 2.02. The second-order valence-corrected chi connectivity index (χ2v) is 4.25. The van der Waals surface area contributed by atoms with Crippen LogP contribution in [0.25, 0.3) is 0 Å². The fourth-order valence-corrected chi connectivity index (χ4v) is 1.85. The highest BCUT2D eigenvalue weighted by Gasteiger charge is 2.26. The summed E-state index contributed by atoms with van der Waals surface area (Å²) >= 11 is 0. The molecule has 1 unspecified atom stereocenters. The van der Waals surface area contributed by atoms with Crippen molar-refractivity contribution >= 4 is 0 Å². The highest BCUT2D eigenvalue weighted by Crippen LogP contribution is 2.37. The van der Waals surface area contributed by atoms with Crippen molar-refractivity contribution in [3.8, 4) is 0 Å². The van der Waals surface area contributed by atoms with Crippen molar-refractivity contribution in [1.29, 1.82) is 0 Å². The molecule has 78 valence electrons. The molecule has 0 spiro atoms. The number of aryl methyl sites for hydroxylation is 1. The Hall–Kier alpha value is -0.830. The topological polar surface area (TPSA) is 29.9 Å².